The molecule has 4 aromatic rings. The predicted octanol–water partition coefficient (Wildman–Crippen LogP) is 2.93. The van der Waals surface area contributed by atoms with Crippen molar-refractivity contribution in [3.63, 3.8) is 0 Å². The zero-order valence-electron chi connectivity index (χ0n) is 17.3. The average molecular weight is 447 g/mol. The maximum atomic E-state index is 11.6. The molecule has 1 fully saturated rings. The van der Waals surface area contributed by atoms with Gasteiger partial charge in [0.05, 0.1) is 22.7 Å². The van der Waals surface area contributed by atoms with Crippen molar-refractivity contribution in [3.8, 4) is 11.3 Å². The summed E-state index contributed by atoms with van der Waals surface area (Å²) in [6.07, 6.45) is 5.32. The fraction of sp³-hybridized carbons (Fsp3) is 0.217. The Morgan fingerprint density at radius 1 is 0.938 bits per heavy atom. The van der Waals surface area contributed by atoms with Crippen LogP contribution in [0.15, 0.2) is 67.1 Å². The summed E-state index contributed by atoms with van der Waals surface area (Å²) in [6.45, 7) is 1.50. The summed E-state index contributed by atoms with van der Waals surface area (Å²) in [5.74, 6) is 1.70. The number of rotatable bonds is 5. The van der Waals surface area contributed by atoms with Gasteiger partial charge < -0.3 is 10.2 Å². The van der Waals surface area contributed by atoms with Crippen LogP contribution in [0.1, 0.15) is 5.56 Å². The van der Waals surface area contributed by atoms with Gasteiger partial charge in [0.2, 0.25) is 5.95 Å². The fourth-order valence-electron chi connectivity index (χ4n) is 3.67. The molecule has 1 aliphatic rings. The van der Waals surface area contributed by atoms with Crippen LogP contribution < -0.4 is 10.2 Å². The first kappa shape index (κ1) is 20.3. The standard InChI is InChI=1S/C23H22N6O2S/c30-32(31)12-10-29(11-13-32)22-6-3-17(15-26-22)16-27-23-25-9-7-21(28-23)19-4-5-20-18(14-19)2-1-8-24-20/h1-9,14-15H,10-13,16H2,(H,25,27,28). The van der Waals surface area contributed by atoms with Crippen molar-refractivity contribution < 1.29 is 8.42 Å². The van der Waals surface area contributed by atoms with Gasteiger partial charge in [-0.15, -0.1) is 0 Å². The van der Waals surface area contributed by atoms with Crippen molar-refractivity contribution in [1.29, 1.82) is 0 Å². The Morgan fingerprint density at radius 2 is 1.81 bits per heavy atom. The molecule has 0 amide bonds. The third-order valence-electron chi connectivity index (χ3n) is 5.48. The lowest BCUT2D eigenvalue weighted by molar-refractivity contribution is 0.586. The first-order valence-electron chi connectivity index (χ1n) is 10.4. The van der Waals surface area contributed by atoms with E-state index in [0.29, 0.717) is 25.6 Å². The summed E-state index contributed by atoms with van der Waals surface area (Å²) in [5.41, 5.74) is 3.78. The lowest BCUT2D eigenvalue weighted by Gasteiger charge is -2.27. The molecule has 5 rings (SSSR count). The number of benzene rings is 1. The van der Waals surface area contributed by atoms with Gasteiger partial charge in [-0.2, -0.15) is 0 Å². The molecule has 0 spiro atoms. The van der Waals surface area contributed by atoms with Crippen molar-refractivity contribution in [1.82, 2.24) is 19.9 Å². The van der Waals surface area contributed by atoms with E-state index in [4.69, 9.17) is 0 Å². The van der Waals surface area contributed by atoms with E-state index < -0.39 is 9.84 Å². The van der Waals surface area contributed by atoms with Crippen LogP contribution in [0.5, 0.6) is 0 Å². The number of hydrogen-bond acceptors (Lipinski definition) is 8. The third-order valence-corrected chi connectivity index (χ3v) is 7.09. The summed E-state index contributed by atoms with van der Waals surface area (Å²) in [6, 6.07) is 15.8. The van der Waals surface area contributed by atoms with E-state index in [1.54, 1.807) is 18.6 Å². The highest BCUT2D eigenvalue weighted by Crippen LogP contribution is 2.22. The number of fused-ring (bicyclic) bond motifs is 1. The first-order chi connectivity index (χ1) is 15.6. The lowest BCUT2D eigenvalue weighted by Crippen LogP contribution is -2.40. The van der Waals surface area contributed by atoms with E-state index in [1.165, 1.54) is 0 Å². The second kappa shape index (κ2) is 8.51. The highest BCUT2D eigenvalue weighted by Gasteiger charge is 2.22. The molecule has 0 unspecified atom stereocenters. The first-order valence-corrected chi connectivity index (χ1v) is 12.2. The zero-order chi connectivity index (χ0) is 22.0. The molecule has 0 aliphatic carbocycles. The van der Waals surface area contributed by atoms with E-state index in [9.17, 15) is 8.42 Å². The Labute approximate surface area is 186 Å². The molecule has 1 aliphatic heterocycles. The molecule has 162 valence electrons. The predicted molar refractivity (Wildman–Crippen MR) is 125 cm³/mol. The van der Waals surface area contributed by atoms with Crippen LogP contribution in [-0.2, 0) is 16.4 Å². The number of pyridine rings is 2. The summed E-state index contributed by atoms with van der Waals surface area (Å²) in [4.78, 5) is 19.8. The van der Waals surface area contributed by atoms with Crippen LogP contribution >= 0.6 is 0 Å². The second-order valence-corrected chi connectivity index (χ2v) is 10.00. The van der Waals surface area contributed by atoms with Gasteiger partial charge in [-0.25, -0.2) is 23.4 Å². The zero-order valence-corrected chi connectivity index (χ0v) is 18.2. The molecule has 0 bridgehead atoms. The van der Waals surface area contributed by atoms with E-state index >= 15 is 0 Å². The van der Waals surface area contributed by atoms with E-state index in [2.05, 4.69) is 31.3 Å². The van der Waals surface area contributed by atoms with Gasteiger partial charge in [0.1, 0.15) is 5.82 Å². The summed E-state index contributed by atoms with van der Waals surface area (Å²) >= 11 is 0. The monoisotopic (exact) mass is 446 g/mol. The van der Waals surface area contributed by atoms with E-state index in [0.717, 1.165) is 33.5 Å². The quantitative estimate of drug-likeness (QED) is 0.499. The fourth-order valence-corrected chi connectivity index (χ4v) is 4.87. The van der Waals surface area contributed by atoms with Crippen LogP contribution in [0.4, 0.5) is 11.8 Å². The van der Waals surface area contributed by atoms with Gasteiger partial charge in [0, 0.05) is 49.2 Å². The van der Waals surface area contributed by atoms with Gasteiger partial charge in [0.15, 0.2) is 9.84 Å². The number of nitrogens with zero attached hydrogens (tertiary/aromatic N) is 5. The molecule has 1 aromatic carbocycles. The van der Waals surface area contributed by atoms with Crippen molar-refractivity contribution >= 4 is 32.5 Å². The number of hydrogen-bond donors (Lipinski definition) is 1. The van der Waals surface area contributed by atoms with Crippen molar-refractivity contribution in [2.45, 2.75) is 6.54 Å². The Morgan fingerprint density at radius 3 is 2.62 bits per heavy atom. The SMILES string of the molecule is O=S1(=O)CCN(c2ccc(CNc3nccc(-c4ccc5ncccc5c4)n3)cn2)CC1. The molecule has 1 N–H and O–H groups in total. The Kier molecular flexibility index (Phi) is 5.40. The molecule has 1 saturated heterocycles. The third kappa shape index (κ3) is 4.52. The Hall–Kier alpha value is -3.59. The van der Waals surface area contributed by atoms with Crippen LogP contribution in [0.25, 0.3) is 22.2 Å². The molecular formula is C23H22N6O2S. The topological polar surface area (TPSA) is 101 Å². The number of nitrogens with one attached hydrogen (secondary N) is 1. The number of aromatic nitrogens is 4. The highest BCUT2D eigenvalue weighted by atomic mass is 32.2. The van der Waals surface area contributed by atoms with Gasteiger partial charge in [-0.1, -0.05) is 18.2 Å². The van der Waals surface area contributed by atoms with Gasteiger partial charge in [0.25, 0.3) is 0 Å². The number of sulfone groups is 1. The van der Waals surface area contributed by atoms with Crippen molar-refractivity contribution in [2.24, 2.45) is 0 Å². The lowest BCUT2D eigenvalue weighted by atomic mass is 10.1. The molecule has 3 aromatic heterocycles. The van der Waals surface area contributed by atoms with E-state index in [1.807, 2.05) is 47.4 Å². The highest BCUT2D eigenvalue weighted by molar-refractivity contribution is 7.91. The van der Waals surface area contributed by atoms with Crippen LogP contribution in [0, 0.1) is 0 Å². The van der Waals surface area contributed by atoms with Gasteiger partial charge in [-0.3, -0.25) is 4.98 Å². The van der Waals surface area contributed by atoms with Gasteiger partial charge in [-0.05, 0) is 35.9 Å². The van der Waals surface area contributed by atoms with Crippen LogP contribution in [0.2, 0.25) is 0 Å². The molecule has 0 radical (unpaired) electrons. The maximum absolute atomic E-state index is 11.6. The Bertz CT molecular complexity index is 1340. The van der Waals surface area contributed by atoms with Crippen LogP contribution in [-0.4, -0.2) is 52.9 Å². The maximum Gasteiger partial charge on any atom is 0.223 e. The molecule has 0 atom stereocenters. The summed E-state index contributed by atoms with van der Waals surface area (Å²) in [5, 5.41) is 4.32. The minimum Gasteiger partial charge on any atom is -0.355 e. The summed E-state index contributed by atoms with van der Waals surface area (Å²) in [7, 11) is -2.90. The smallest absolute Gasteiger partial charge is 0.223 e. The Balaban J connectivity index is 1.25. The molecule has 0 saturated carbocycles. The molecular weight excluding hydrogens is 424 g/mol. The average Bonchev–Trinajstić information content (AvgIpc) is 2.83. The van der Waals surface area contributed by atoms with Gasteiger partial charge >= 0.3 is 0 Å². The van der Waals surface area contributed by atoms with Crippen LogP contribution in [0.3, 0.4) is 0 Å². The minimum absolute atomic E-state index is 0.180. The molecule has 4 heterocycles. The van der Waals surface area contributed by atoms with Crippen molar-refractivity contribution in [3.05, 3.63) is 72.7 Å². The summed E-state index contributed by atoms with van der Waals surface area (Å²) < 4.78 is 23.2. The van der Waals surface area contributed by atoms with E-state index in [-0.39, 0.29) is 11.5 Å². The normalized spacial score (nSPS) is 15.6. The largest absolute Gasteiger partial charge is 0.355 e. The number of anilines is 2. The molecule has 9 heteroatoms. The molecule has 32 heavy (non-hydrogen) atoms. The second-order valence-electron chi connectivity index (χ2n) is 7.69. The van der Waals surface area contributed by atoms with Crippen molar-refractivity contribution in [2.75, 3.05) is 34.8 Å². The molecule has 8 nitrogen and oxygen atoms in total. The minimum atomic E-state index is -2.90.